The summed E-state index contributed by atoms with van der Waals surface area (Å²) in [5.41, 5.74) is 2.32. The van der Waals surface area contributed by atoms with Crippen LogP contribution in [-0.2, 0) is 6.42 Å². The average Bonchev–Trinajstić information content (AvgIpc) is 3.51. The lowest BCUT2D eigenvalue weighted by molar-refractivity contribution is 0.0981. The molecule has 0 saturated heterocycles. The zero-order valence-corrected chi connectivity index (χ0v) is 15.9. The molecule has 0 atom stereocenters. The molecule has 2 aliphatic carbocycles. The van der Waals surface area contributed by atoms with Crippen LogP contribution < -0.4 is 10.1 Å². The standard InChI is InChI=1S/C23H20N4O2/c1-2-7-23(8-9-23)15-29-18-11-16(13-24)10-17(12-18)26-22-25-14-19-20(27-22)5-3-4-6-21(19)28/h1,8-12,14H,3-7,15H2,(H,25,26,27). The fourth-order valence-electron chi connectivity index (χ4n) is 3.35. The summed E-state index contributed by atoms with van der Waals surface area (Å²) < 4.78 is 5.89. The fourth-order valence-corrected chi connectivity index (χ4v) is 3.35. The van der Waals surface area contributed by atoms with Crippen molar-refractivity contribution in [2.45, 2.75) is 32.1 Å². The van der Waals surface area contributed by atoms with Gasteiger partial charge in [-0.15, -0.1) is 12.3 Å². The van der Waals surface area contributed by atoms with Gasteiger partial charge in [-0.3, -0.25) is 4.79 Å². The van der Waals surface area contributed by atoms with Crippen molar-refractivity contribution in [1.29, 1.82) is 5.26 Å². The van der Waals surface area contributed by atoms with Crippen LogP contribution in [0.4, 0.5) is 11.6 Å². The molecule has 0 radical (unpaired) electrons. The molecule has 0 saturated carbocycles. The van der Waals surface area contributed by atoms with E-state index in [-0.39, 0.29) is 11.2 Å². The van der Waals surface area contributed by atoms with Crippen LogP contribution in [0.2, 0.25) is 0 Å². The van der Waals surface area contributed by atoms with Crippen molar-refractivity contribution in [2.24, 2.45) is 5.41 Å². The SMILES string of the molecule is C#CCC1(COc2cc(C#N)cc(Nc3ncc4c(n3)CCCCC4=O)c2)C=C1. The number of terminal acetylenes is 1. The third-order valence-electron chi connectivity index (χ3n) is 5.10. The number of aromatic nitrogens is 2. The lowest BCUT2D eigenvalue weighted by Gasteiger charge is -2.15. The second-order valence-corrected chi connectivity index (χ2v) is 7.40. The van der Waals surface area contributed by atoms with E-state index in [1.807, 2.05) is 12.2 Å². The van der Waals surface area contributed by atoms with E-state index in [1.54, 1.807) is 24.4 Å². The highest BCUT2D eigenvalue weighted by molar-refractivity contribution is 5.97. The Balaban J connectivity index is 1.53. The maximum atomic E-state index is 12.1. The number of benzene rings is 1. The number of anilines is 2. The Kier molecular flexibility index (Phi) is 5.01. The Bertz CT molecular complexity index is 1070. The van der Waals surface area contributed by atoms with Crippen LogP contribution in [0.1, 0.15) is 47.3 Å². The quantitative estimate of drug-likeness (QED) is 0.461. The summed E-state index contributed by atoms with van der Waals surface area (Å²) in [4.78, 5) is 20.9. The van der Waals surface area contributed by atoms with Crippen molar-refractivity contribution in [3.8, 4) is 24.2 Å². The van der Waals surface area contributed by atoms with Gasteiger partial charge in [-0.25, -0.2) is 9.97 Å². The van der Waals surface area contributed by atoms with Crippen LogP contribution in [0.3, 0.4) is 0 Å². The summed E-state index contributed by atoms with van der Waals surface area (Å²) in [7, 11) is 0. The molecule has 0 spiro atoms. The summed E-state index contributed by atoms with van der Waals surface area (Å²) in [5.74, 6) is 3.72. The number of hydrogen-bond donors (Lipinski definition) is 1. The highest BCUT2D eigenvalue weighted by atomic mass is 16.5. The second kappa shape index (κ2) is 7.77. The van der Waals surface area contributed by atoms with Gasteiger partial charge in [-0.05, 0) is 31.4 Å². The minimum Gasteiger partial charge on any atom is -0.492 e. The number of aryl methyl sites for hydroxylation is 1. The van der Waals surface area contributed by atoms with E-state index in [4.69, 9.17) is 11.2 Å². The Hall–Kier alpha value is -3.64. The van der Waals surface area contributed by atoms with E-state index in [1.165, 1.54) is 0 Å². The molecule has 1 aromatic heterocycles. The van der Waals surface area contributed by atoms with Gasteiger partial charge in [0.2, 0.25) is 5.95 Å². The Morgan fingerprint density at radius 1 is 1.24 bits per heavy atom. The Morgan fingerprint density at radius 2 is 2.07 bits per heavy atom. The van der Waals surface area contributed by atoms with Gasteiger partial charge in [-0.1, -0.05) is 12.2 Å². The van der Waals surface area contributed by atoms with Crippen molar-refractivity contribution in [2.75, 3.05) is 11.9 Å². The van der Waals surface area contributed by atoms with Crippen molar-refractivity contribution in [3.63, 3.8) is 0 Å². The molecule has 0 fully saturated rings. The minimum absolute atomic E-state index is 0.0980. The summed E-state index contributed by atoms with van der Waals surface area (Å²) in [6.07, 6.45) is 14.8. The van der Waals surface area contributed by atoms with Crippen LogP contribution in [0.15, 0.2) is 36.5 Å². The van der Waals surface area contributed by atoms with Crippen LogP contribution in [0.25, 0.3) is 0 Å². The number of hydrogen-bond acceptors (Lipinski definition) is 6. The van der Waals surface area contributed by atoms with Gasteiger partial charge in [0.1, 0.15) is 12.4 Å². The summed E-state index contributed by atoms with van der Waals surface area (Å²) in [6.45, 7) is 0.434. The molecule has 6 nitrogen and oxygen atoms in total. The van der Waals surface area contributed by atoms with E-state index in [0.717, 1.165) is 25.0 Å². The highest BCUT2D eigenvalue weighted by Crippen LogP contribution is 2.38. The Morgan fingerprint density at radius 3 is 2.83 bits per heavy atom. The molecule has 2 aliphatic rings. The zero-order chi connectivity index (χ0) is 20.3. The van der Waals surface area contributed by atoms with Gasteiger partial charge in [0.15, 0.2) is 5.78 Å². The van der Waals surface area contributed by atoms with Crippen molar-refractivity contribution in [3.05, 3.63) is 53.4 Å². The summed E-state index contributed by atoms with van der Waals surface area (Å²) in [6, 6.07) is 7.34. The van der Waals surface area contributed by atoms with Crippen LogP contribution >= 0.6 is 0 Å². The molecule has 0 amide bonds. The smallest absolute Gasteiger partial charge is 0.227 e. The molecular weight excluding hydrogens is 364 g/mol. The first kappa shape index (κ1) is 18.7. The van der Waals surface area contributed by atoms with E-state index in [2.05, 4.69) is 27.3 Å². The molecule has 1 aromatic carbocycles. The Labute approximate surface area is 169 Å². The summed E-state index contributed by atoms with van der Waals surface area (Å²) in [5, 5.41) is 12.5. The van der Waals surface area contributed by atoms with E-state index < -0.39 is 0 Å². The van der Waals surface area contributed by atoms with Gasteiger partial charge in [0.25, 0.3) is 0 Å². The normalized spacial score (nSPS) is 16.1. The van der Waals surface area contributed by atoms with Gasteiger partial charge in [0.05, 0.1) is 28.3 Å². The average molecular weight is 384 g/mol. The third-order valence-corrected chi connectivity index (χ3v) is 5.10. The number of ketones is 1. The second-order valence-electron chi connectivity index (χ2n) is 7.40. The topological polar surface area (TPSA) is 87.9 Å². The number of fused-ring (bicyclic) bond motifs is 1. The van der Waals surface area contributed by atoms with E-state index >= 15 is 0 Å². The maximum Gasteiger partial charge on any atom is 0.227 e. The van der Waals surface area contributed by atoms with Crippen molar-refractivity contribution >= 4 is 17.4 Å². The first-order valence-electron chi connectivity index (χ1n) is 9.59. The number of ether oxygens (including phenoxy) is 1. The summed E-state index contributed by atoms with van der Waals surface area (Å²) >= 11 is 0. The molecule has 29 heavy (non-hydrogen) atoms. The van der Waals surface area contributed by atoms with Crippen LogP contribution in [-0.4, -0.2) is 22.4 Å². The van der Waals surface area contributed by atoms with Gasteiger partial charge in [0, 0.05) is 30.8 Å². The number of nitrogens with one attached hydrogen (secondary N) is 1. The number of carbonyl (C=O) groups is 1. The monoisotopic (exact) mass is 384 g/mol. The molecule has 4 rings (SSSR count). The van der Waals surface area contributed by atoms with Crippen LogP contribution in [0, 0.1) is 29.1 Å². The van der Waals surface area contributed by atoms with Crippen molar-refractivity contribution in [1.82, 2.24) is 9.97 Å². The molecule has 2 aromatic rings. The molecule has 0 unspecified atom stereocenters. The molecule has 0 aliphatic heterocycles. The molecule has 1 heterocycles. The zero-order valence-electron chi connectivity index (χ0n) is 15.9. The largest absolute Gasteiger partial charge is 0.492 e. The minimum atomic E-state index is -0.169. The number of rotatable bonds is 6. The lowest BCUT2D eigenvalue weighted by Crippen LogP contribution is -2.14. The molecule has 0 bridgehead atoms. The molecule has 6 heteroatoms. The third kappa shape index (κ3) is 4.28. The number of carbonyl (C=O) groups excluding carboxylic acids is 1. The van der Waals surface area contributed by atoms with Gasteiger partial charge < -0.3 is 10.1 Å². The first-order chi connectivity index (χ1) is 14.1. The predicted octanol–water partition coefficient (Wildman–Crippen LogP) is 3.96. The maximum absolute atomic E-state index is 12.1. The first-order valence-corrected chi connectivity index (χ1v) is 9.59. The highest BCUT2D eigenvalue weighted by Gasteiger charge is 2.34. The van der Waals surface area contributed by atoms with Gasteiger partial charge in [-0.2, -0.15) is 5.26 Å². The van der Waals surface area contributed by atoms with Crippen molar-refractivity contribution < 1.29 is 9.53 Å². The fraction of sp³-hybridized carbons (Fsp3) is 0.304. The number of nitrogens with zero attached hydrogens (tertiary/aromatic N) is 3. The van der Waals surface area contributed by atoms with E-state index in [9.17, 15) is 10.1 Å². The number of Topliss-reactive ketones (excluding diaryl/α,β-unsaturated/α-hetero) is 1. The van der Waals surface area contributed by atoms with Crippen LogP contribution in [0.5, 0.6) is 5.75 Å². The predicted molar refractivity (Wildman–Crippen MR) is 109 cm³/mol. The molecule has 1 N–H and O–H groups in total. The lowest BCUT2D eigenvalue weighted by atomic mass is 10.0. The molecular formula is C23H20N4O2. The van der Waals surface area contributed by atoms with E-state index in [0.29, 0.717) is 48.0 Å². The number of nitriles is 1. The van der Waals surface area contributed by atoms with Gasteiger partial charge >= 0.3 is 0 Å². The molecule has 144 valence electrons.